The fraction of sp³-hybridized carbons (Fsp3) is 0.125. The van der Waals surface area contributed by atoms with Crippen molar-refractivity contribution in [2.75, 3.05) is 0 Å². The van der Waals surface area contributed by atoms with Crippen molar-refractivity contribution in [2.24, 2.45) is 0 Å². The molecule has 88 valence electrons. The van der Waals surface area contributed by atoms with E-state index >= 15 is 0 Å². The largest absolute Gasteiger partial charge is 0.485 e. The Morgan fingerprint density at radius 2 is 1.83 bits per heavy atom. The van der Waals surface area contributed by atoms with Crippen molar-refractivity contribution in [3.05, 3.63) is 65.0 Å². The predicted octanol–water partition coefficient (Wildman–Crippen LogP) is 4.58. The smallest absolute Gasteiger partial charge is 0.129 e. The molecule has 0 saturated carbocycles. The lowest BCUT2D eigenvalue weighted by Crippen LogP contribution is -2.01. The van der Waals surface area contributed by atoms with Gasteiger partial charge in [0.15, 0.2) is 0 Å². The number of para-hydroxylation sites is 1. The van der Waals surface area contributed by atoms with Crippen LogP contribution in [-0.2, 0) is 6.42 Å². The fourth-order valence-electron chi connectivity index (χ4n) is 2.60. The van der Waals surface area contributed by atoms with Gasteiger partial charge in [0.05, 0.1) is 0 Å². The highest BCUT2D eigenvalue weighted by atomic mass is 32.1. The topological polar surface area (TPSA) is 9.23 Å². The van der Waals surface area contributed by atoms with E-state index in [1.54, 1.807) is 11.3 Å². The van der Waals surface area contributed by atoms with Crippen LogP contribution in [0, 0.1) is 0 Å². The monoisotopic (exact) mass is 252 g/mol. The molecule has 0 fully saturated rings. The van der Waals surface area contributed by atoms with E-state index in [1.165, 1.54) is 21.2 Å². The molecule has 0 amide bonds. The Bertz CT molecular complexity index is 689. The second-order valence-electron chi connectivity index (χ2n) is 4.61. The van der Waals surface area contributed by atoms with Crippen molar-refractivity contribution in [2.45, 2.75) is 12.5 Å². The number of fused-ring (bicyclic) bond motifs is 2. The summed E-state index contributed by atoms with van der Waals surface area (Å²) in [6.45, 7) is 0. The normalized spacial score (nSPS) is 17.7. The molecule has 2 heterocycles. The Labute approximate surface area is 110 Å². The van der Waals surface area contributed by atoms with Crippen LogP contribution in [0.3, 0.4) is 0 Å². The van der Waals surface area contributed by atoms with E-state index < -0.39 is 0 Å². The maximum Gasteiger partial charge on any atom is 0.129 e. The summed E-state index contributed by atoms with van der Waals surface area (Å²) >= 11 is 1.80. The Balaban J connectivity index is 1.78. The number of ether oxygens (including phenoxy) is 1. The van der Waals surface area contributed by atoms with Gasteiger partial charge in [-0.25, -0.2) is 0 Å². The quantitative estimate of drug-likeness (QED) is 0.616. The second-order valence-corrected chi connectivity index (χ2v) is 5.52. The summed E-state index contributed by atoms with van der Waals surface area (Å²) in [5.41, 5.74) is 2.64. The predicted molar refractivity (Wildman–Crippen MR) is 75.3 cm³/mol. The minimum Gasteiger partial charge on any atom is -0.485 e. The summed E-state index contributed by atoms with van der Waals surface area (Å²) in [5.74, 6) is 1.04. The van der Waals surface area contributed by atoms with Gasteiger partial charge in [-0.3, -0.25) is 0 Å². The lowest BCUT2D eigenvalue weighted by molar-refractivity contribution is 0.241. The Kier molecular flexibility index (Phi) is 2.17. The van der Waals surface area contributed by atoms with Crippen LogP contribution >= 0.6 is 11.3 Å². The average molecular weight is 252 g/mol. The number of benzene rings is 2. The molecule has 0 spiro atoms. The summed E-state index contributed by atoms with van der Waals surface area (Å²) < 4.78 is 7.41. The molecule has 2 aromatic carbocycles. The highest BCUT2D eigenvalue weighted by Crippen LogP contribution is 2.40. The summed E-state index contributed by atoms with van der Waals surface area (Å²) in [5, 5.41) is 3.57. The van der Waals surface area contributed by atoms with E-state index in [0.717, 1.165) is 12.2 Å². The van der Waals surface area contributed by atoms with Gasteiger partial charge in [-0.2, -0.15) is 0 Å². The van der Waals surface area contributed by atoms with Gasteiger partial charge in [-0.05, 0) is 28.5 Å². The molecule has 0 aliphatic carbocycles. The molecule has 4 rings (SSSR count). The standard InChI is InChI=1S/C16H12OS/c1-3-7-14-11(5-1)9-15(17-14)13-10-18-16-8-4-2-6-12(13)16/h1-8,10,15H,9H2. The van der Waals surface area contributed by atoms with Crippen molar-refractivity contribution in [1.29, 1.82) is 0 Å². The number of hydrogen-bond donors (Lipinski definition) is 0. The molecular weight excluding hydrogens is 240 g/mol. The van der Waals surface area contributed by atoms with Gasteiger partial charge in [0.25, 0.3) is 0 Å². The Morgan fingerprint density at radius 1 is 1.00 bits per heavy atom. The molecule has 1 atom stereocenters. The third kappa shape index (κ3) is 1.46. The molecule has 0 bridgehead atoms. The first-order chi connectivity index (χ1) is 8.92. The molecule has 2 heteroatoms. The van der Waals surface area contributed by atoms with E-state index in [-0.39, 0.29) is 6.10 Å². The second kappa shape index (κ2) is 3.85. The van der Waals surface area contributed by atoms with Gasteiger partial charge in [-0.15, -0.1) is 11.3 Å². The zero-order valence-electron chi connectivity index (χ0n) is 9.80. The van der Waals surface area contributed by atoms with Gasteiger partial charge in [0.1, 0.15) is 11.9 Å². The minimum absolute atomic E-state index is 0.179. The zero-order valence-corrected chi connectivity index (χ0v) is 10.6. The van der Waals surface area contributed by atoms with Crippen LogP contribution in [0.1, 0.15) is 17.2 Å². The van der Waals surface area contributed by atoms with Crippen LogP contribution in [-0.4, -0.2) is 0 Å². The van der Waals surface area contributed by atoms with Crippen LogP contribution in [0.2, 0.25) is 0 Å². The molecule has 0 N–H and O–H groups in total. The highest BCUT2D eigenvalue weighted by molar-refractivity contribution is 7.17. The fourth-order valence-corrected chi connectivity index (χ4v) is 3.61. The third-order valence-corrected chi connectivity index (χ3v) is 4.49. The molecule has 1 nitrogen and oxygen atoms in total. The molecule has 18 heavy (non-hydrogen) atoms. The molecule has 0 saturated heterocycles. The van der Waals surface area contributed by atoms with Gasteiger partial charge < -0.3 is 4.74 Å². The third-order valence-electron chi connectivity index (χ3n) is 3.50. The van der Waals surface area contributed by atoms with Gasteiger partial charge >= 0.3 is 0 Å². The lowest BCUT2D eigenvalue weighted by Gasteiger charge is -2.09. The number of rotatable bonds is 1. The summed E-state index contributed by atoms with van der Waals surface area (Å²) in [6, 6.07) is 16.9. The van der Waals surface area contributed by atoms with Gasteiger partial charge in [-0.1, -0.05) is 36.4 Å². The first-order valence-corrected chi connectivity index (χ1v) is 7.00. The van der Waals surface area contributed by atoms with E-state index in [0.29, 0.717) is 0 Å². The maximum absolute atomic E-state index is 6.07. The summed E-state index contributed by atoms with van der Waals surface area (Å²) in [6.07, 6.45) is 1.16. The van der Waals surface area contributed by atoms with Crippen LogP contribution < -0.4 is 4.74 Å². The zero-order chi connectivity index (χ0) is 11.9. The van der Waals surface area contributed by atoms with E-state index in [4.69, 9.17) is 4.74 Å². The van der Waals surface area contributed by atoms with Crippen LogP contribution in [0.25, 0.3) is 10.1 Å². The SMILES string of the molecule is c1ccc2c(c1)CC(c1csc3ccccc13)O2. The van der Waals surface area contributed by atoms with Crippen LogP contribution in [0.15, 0.2) is 53.9 Å². The van der Waals surface area contributed by atoms with Crippen molar-refractivity contribution in [3.8, 4) is 5.75 Å². The average Bonchev–Trinajstić information content (AvgIpc) is 3.02. The van der Waals surface area contributed by atoms with Crippen LogP contribution in [0.5, 0.6) is 5.75 Å². The molecule has 1 unspecified atom stereocenters. The Hall–Kier alpha value is -1.80. The molecule has 1 aromatic heterocycles. The minimum atomic E-state index is 0.179. The number of thiophene rings is 1. The lowest BCUT2D eigenvalue weighted by atomic mass is 10.0. The van der Waals surface area contributed by atoms with Gasteiger partial charge in [0.2, 0.25) is 0 Å². The molecule has 1 aliphatic rings. The number of hydrogen-bond acceptors (Lipinski definition) is 2. The summed E-state index contributed by atoms with van der Waals surface area (Å²) in [4.78, 5) is 0. The van der Waals surface area contributed by atoms with E-state index in [1.807, 2.05) is 6.07 Å². The summed E-state index contributed by atoms with van der Waals surface area (Å²) in [7, 11) is 0. The van der Waals surface area contributed by atoms with Gasteiger partial charge in [0, 0.05) is 16.7 Å². The first-order valence-electron chi connectivity index (χ1n) is 6.12. The van der Waals surface area contributed by atoms with Crippen molar-refractivity contribution < 1.29 is 4.74 Å². The molecule has 0 radical (unpaired) electrons. The first kappa shape index (κ1) is 10.2. The Morgan fingerprint density at radius 3 is 2.78 bits per heavy atom. The van der Waals surface area contributed by atoms with Crippen molar-refractivity contribution in [3.63, 3.8) is 0 Å². The van der Waals surface area contributed by atoms with Crippen LogP contribution in [0.4, 0.5) is 0 Å². The highest BCUT2D eigenvalue weighted by Gasteiger charge is 2.25. The van der Waals surface area contributed by atoms with Crippen molar-refractivity contribution in [1.82, 2.24) is 0 Å². The maximum atomic E-state index is 6.07. The molecule has 3 aromatic rings. The van der Waals surface area contributed by atoms with E-state index in [2.05, 4.69) is 47.8 Å². The molecule has 1 aliphatic heterocycles. The van der Waals surface area contributed by atoms with Crippen molar-refractivity contribution >= 4 is 21.4 Å². The molecular formula is C16H12OS. The van der Waals surface area contributed by atoms with E-state index in [9.17, 15) is 0 Å².